The Kier molecular flexibility index (Phi) is 7.31. The van der Waals surface area contributed by atoms with Crippen LogP contribution in [-0.2, 0) is 0 Å². The van der Waals surface area contributed by atoms with Gasteiger partial charge >= 0.3 is 0 Å². The van der Waals surface area contributed by atoms with E-state index >= 15 is 0 Å². The number of aliphatic hydroxyl groups is 1. The van der Waals surface area contributed by atoms with Gasteiger partial charge in [-0.1, -0.05) is 29.0 Å². The van der Waals surface area contributed by atoms with Gasteiger partial charge in [0.25, 0.3) is 0 Å². The summed E-state index contributed by atoms with van der Waals surface area (Å²) in [6.45, 7) is 4.31. The number of para-hydroxylation sites is 1. The monoisotopic (exact) mass is 495 g/mol. The maximum atomic E-state index is 9.11. The van der Waals surface area contributed by atoms with Crippen LogP contribution in [0.5, 0.6) is 0 Å². The molecule has 3 aromatic rings. The highest BCUT2D eigenvalue weighted by molar-refractivity contribution is 7.80. The van der Waals surface area contributed by atoms with E-state index in [1.165, 1.54) is 11.3 Å². The summed E-state index contributed by atoms with van der Waals surface area (Å²) in [5.74, 6) is 1.54. The predicted octanol–water partition coefficient (Wildman–Crippen LogP) is 4.14. The summed E-state index contributed by atoms with van der Waals surface area (Å²) in [5, 5.41) is 17.8. The second kappa shape index (κ2) is 10.2. The number of aromatic nitrogens is 3. The molecule has 0 unspecified atom stereocenters. The molecule has 164 valence electrons. The summed E-state index contributed by atoms with van der Waals surface area (Å²) in [6, 6.07) is 7.48. The molecule has 0 atom stereocenters. The number of hydrogen-bond acceptors (Lipinski definition) is 10. The van der Waals surface area contributed by atoms with Crippen LogP contribution in [-0.4, -0.2) is 64.3 Å². The van der Waals surface area contributed by atoms with Crippen LogP contribution in [0.4, 0.5) is 27.5 Å². The number of halogens is 1. The first-order valence-corrected chi connectivity index (χ1v) is 11.7. The van der Waals surface area contributed by atoms with Crippen molar-refractivity contribution in [3.05, 3.63) is 40.3 Å². The van der Waals surface area contributed by atoms with E-state index in [4.69, 9.17) is 28.9 Å². The molecule has 0 bridgehead atoms. The fourth-order valence-corrected chi connectivity index (χ4v) is 4.77. The van der Waals surface area contributed by atoms with Gasteiger partial charge in [0.2, 0.25) is 0 Å². The SMILES string of the molecule is OCCN1CCN(c2cc(Nc3ncc(Nc4c(S)cccc4Cl)s3)[nH]c(=S)n2)CC1. The lowest BCUT2D eigenvalue weighted by atomic mass is 10.3. The van der Waals surface area contributed by atoms with Crippen molar-refractivity contribution in [1.82, 2.24) is 19.9 Å². The molecule has 1 aromatic carbocycles. The van der Waals surface area contributed by atoms with Gasteiger partial charge in [-0.05, 0) is 24.4 Å². The smallest absolute Gasteiger partial charge is 0.200 e. The van der Waals surface area contributed by atoms with Crippen molar-refractivity contribution >= 4 is 75.2 Å². The molecule has 0 radical (unpaired) electrons. The van der Waals surface area contributed by atoms with Gasteiger partial charge in [0.15, 0.2) is 9.90 Å². The lowest BCUT2D eigenvalue weighted by Gasteiger charge is -2.35. The number of β-amino-alcohol motifs (C(OH)–C–C–N with tert-alkyl or cyclic N) is 1. The number of rotatable bonds is 7. The molecule has 0 saturated carbocycles. The van der Waals surface area contributed by atoms with Gasteiger partial charge in [0, 0.05) is 43.7 Å². The summed E-state index contributed by atoms with van der Waals surface area (Å²) < 4.78 is 0.406. The number of H-pyrrole nitrogens is 1. The van der Waals surface area contributed by atoms with Crippen LogP contribution < -0.4 is 15.5 Å². The molecule has 0 aliphatic carbocycles. The van der Waals surface area contributed by atoms with Gasteiger partial charge in [-0.3, -0.25) is 4.90 Å². The van der Waals surface area contributed by atoms with E-state index in [0.29, 0.717) is 21.5 Å². The standard InChI is InChI=1S/C19H22ClN7OS3/c20-12-2-1-3-13(29)17(12)25-16-11-21-19(31-16)23-14-10-15(24-18(30)22-14)27-6-4-26(5-7-27)8-9-28/h1-3,10-11,25,28-29H,4-9H2,(H2,21,22,23,24,30). The van der Waals surface area contributed by atoms with Crippen LogP contribution in [0.15, 0.2) is 35.4 Å². The number of nitrogens with zero attached hydrogens (tertiary/aromatic N) is 4. The van der Waals surface area contributed by atoms with Crippen LogP contribution >= 0.6 is 47.8 Å². The van der Waals surface area contributed by atoms with Crippen LogP contribution in [0.25, 0.3) is 0 Å². The van der Waals surface area contributed by atoms with Crippen LogP contribution in [0.1, 0.15) is 0 Å². The first-order valence-electron chi connectivity index (χ1n) is 9.68. The minimum atomic E-state index is 0.180. The van der Waals surface area contributed by atoms with Crippen molar-refractivity contribution in [2.45, 2.75) is 4.90 Å². The average molecular weight is 496 g/mol. The molecule has 2 aromatic heterocycles. The summed E-state index contributed by atoms with van der Waals surface area (Å²) in [7, 11) is 0. The molecule has 4 N–H and O–H groups in total. The molecule has 1 aliphatic heterocycles. The van der Waals surface area contributed by atoms with Crippen molar-refractivity contribution in [1.29, 1.82) is 0 Å². The predicted molar refractivity (Wildman–Crippen MR) is 133 cm³/mol. The number of nitrogens with one attached hydrogen (secondary N) is 3. The van der Waals surface area contributed by atoms with Crippen LogP contribution in [0.2, 0.25) is 5.02 Å². The molecular weight excluding hydrogens is 474 g/mol. The Morgan fingerprint density at radius 1 is 1.26 bits per heavy atom. The number of aliphatic hydroxyl groups excluding tert-OH is 1. The third kappa shape index (κ3) is 5.68. The van der Waals surface area contributed by atoms with Crippen molar-refractivity contribution in [2.75, 3.05) is 54.9 Å². The number of thiazole rings is 1. The maximum Gasteiger partial charge on any atom is 0.200 e. The Balaban J connectivity index is 1.45. The first kappa shape index (κ1) is 22.3. The number of aromatic amines is 1. The number of benzene rings is 1. The second-order valence-electron chi connectivity index (χ2n) is 6.92. The van der Waals surface area contributed by atoms with Crippen molar-refractivity contribution < 1.29 is 5.11 Å². The zero-order chi connectivity index (χ0) is 21.8. The van der Waals surface area contributed by atoms with Gasteiger partial charge in [-0.25, -0.2) is 9.97 Å². The zero-order valence-electron chi connectivity index (χ0n) is 16.5. The van der Waals surface area contributed by atoms with Gasteiger partial charge in [0.05, 0.1) is 23.5 Å². The number of anilines is 5. The molecule has 0 amide bonds. The molecular formula is C19H22ClN7OS3. The summed E-state index contributed by atoms with van der Waals surface area (Å²) in [5.41, 5.74) is 0.744. The Morgan fingerprint density at radius 3 is 2.81 bits per heavy atom. The summed E-state index contributed by atoms with van der Waals surface area (Å²) in [6.07, 6.45) is 1.74. The Morgan fingerprint density at radius 2 is 2.06 bits per heavy atom. The molecule has 1 fully saturated rings. The highest BCUT2D eigenvalue weighted by atomic mass is 35.5. The number of hydrogen-bond donors (Lipinski definition) is 5. The lowest BCUT2D eigenvalue weighted by molar-refractivity contribution is 0.188. The molecule has 1 aliphatic rings. The van der Waals surface area contributed by atoms with Gasteiger partial charge < -0.3 is 25.6 Å². The molecule has 3 heterocycles. The molecule has 31 heavy (non-hydrogen) atoms. The Hall–Kier alpha value is -1.89. The van der Waals surface area contributed by atoms with Gasteiger partial charge in [-0.15, -0.1) is 12.6 Å². The highest BCUT2D eigenvalue weighted by Gasteiger charge is 2.18. The molecule has 1 saturated heterocycles. The molecule has 8 nitrogen and oxygen atoms in total. The van der Waals surface area contributed by atoms with E-state index in [1.54, 1.807) is 6.20 Å². The lowest BCUT2D eigenvalue weighted by Crippen LogP contribution is -2.47. The van der Waals surface area contributed by atoms with E-state index in [1.807, 2.05) is 24.3 Å². The molecule has 4 rings (SSSR count). The van der Waals surface area contributed by atoms with E-state index in [0.717, 1.165) is 53.4 Å². The van der Waals surface area contributed by atoms with E-state index < -0.39 is 0 Å². The fourth-order valence-electron chi connectivity index (χ4n) is 3.28. The third-order valence-electron chi connectivity index (χ3n) is 4.83. The summed E-state index contributed by atoms with van der Waals surface area (Å²) in [4.78, 5) is 17.2. The Labute approximate surface area is 199 Å². The van der Waals surface area contributed by atoms with Crippen molar-refractivity contribution in [2.24, 2.45) is 0 Å². The van der Waals surface area contributed by atoms with Crippen molar-refractivity contribution in [3.63, 3.8) is 0 Å². The Bertz CT molecular complexity index is 1080. The highest BCUT2D eigenvalue weighted by Crippen LogP contribution is 2.35. The number of thiol groups is 1. The molecule has 0 spiro atoms. The van der Waals surface area contributed by atoms with E-state index in [2.05, 4.69) is 48.0 Å². The van der Waals surface area contributed by atoms with Gasteiger partial charge in [0.1, 0.15) is 16.6 Å². The fraction of sp³-hybridized carbons (Fsp3) is 0.316. The summed E-state index contributed by atoms with van der Waals surface area (Å²) >= 11 is 17.5. The first-order chi connectivity index (χ1) is 15.0. The molecule has 12 heteroatoms. The van der Waals surface area contributed by atoms with Crippen molar-refractivity contribution in [3.8, 4) is 0 Å². The second-order valence-corrected chi connectivity index (χ2v) is 9.23. The van der Waals surface area contributed by atoms with Crippen LogP contribution in [0.3, 0.4) is 0 Å². The topological polar surface area (TPSA) is 92.3 Å². The number of piperazine rings is 1. The normalized spacial score (nSPS) is 14.6. The quantitative estimate of drug-likeness (QED) is 0.247. The average Bonchev–Trinajstić information content (AvgIpc) is 3.18. The minimum Gasteiger partial charge on any atom is -0.395 e. The van der Waals surface area contributed by atoms with E-state index in [-0.39, 0.29) is 6.61 Å². The minimum absolute atomic E-state index is 0.180. The van der Waals surface area contributed by atoms with E-state index in [9.17, 15) is 0 Å². The third-order valence-corrected chi connectivity index (χ3v) is 6.54. The zero-order valence-corrected chi connectivity index (χ0v) is 19.8. The largest absolute Gasteiger partial charge is 0.395 e. The van der Waals surface area contributed by atoms with Gasteiger partial charge in [-0.2, -0.15) is 0 Å². The van der Waals surface area contributed by atoms with Crippen LogP contribution in [0, 0.1) is 4.77 Å². The maximum absolute atomic E-state index is 9.11.